The maximum absolute atomic E-state index is 9.54. The highest BCUT2D eigenvalue weighted by atomic mass is 16.3. The second-order valence-electron chi connectivity index (χ2n) is 10.5. The molecule has 8 aromatic carbocycles. The number of furan rings is 1. The topological polar surface area (TPSA) is 13.1 Å². The van der Waals surface area contributed by atoms with Crippen LogP contribution in [0.15, 0.2) is 186 Å². The van der Waals surface area contributed by atoms with Gasteiger partial charge in [0.1, 0.15) is 11.3 Å². The lowest BCUT2D eigenvalue weighted by atomic mass is 9.84. The third-order valence-corrected chi connectivity index (χ3v) is 7.86. The van der Waals surface area contributed by atoms with Crippen molar-refractivity contribution in [2.24, 2.45) is 0 Å². The molecule has 1 aromatic heterocycles. The fraction of sp³-hybridized carbons (Fsp3) is 0. The van der Waals surface area contributed by atoms with E-state index in [-0.39, 0.29) is 27.5 Å². The quantitative estimate of drug-likeness (QED) is 0.175. The number of fused-ring (bicyclic) bond motifs is 3. The minimum atomic E-state index is -0.903. The van der Waals surface area contributed by atoms with Crippen LogP contribution in [-0.4, -0.2) is 0 Å². The van der Waals surface area contributed by atoms with E-state index in [4.69, 9.17) is 18.1 Å². The predicted octanol–water partition coefficient (Wildman–Crippen LogP) is 13.1. The van der Waals surface area contributed by atoms with Crippen molar-refractivity contribution < 1.29 is 31.8 Å². The molecule has 9 aromatic rings. The van der Waals surface area contributed by atoms with Crippen LogP contribution in [0, 0.1) is 0 Å². The lowest BCUT2D eigenvalue weighted by Gasteiger charge is -2.18. The Morgan fingerprint density at radius 3 is 1.47 bits per heavy atom. The Bertz CT molecular complexity index is 3540. The molecular weight excluding hydrogens is 569 g/mol. The Morgan fingerprint density at radius 1 is 0.340 bits per heavy atom. The first-order valence-corrected chi connectivity index (χ1v) is 14.5. The molecular formula is C46H30O. The van der Waals surface area contributed by atoms with Crippen LogP contribution in [0.25, 0.3) is 88.3 Å². The van der Waals surface area contributed by atoms with E-state index in [2.05, 4.69) is 0 Å². The van der Waals surface area contributed by atoms with Gasteiger partial charge in [-0.3, -0.25) is 0 Å². The molecule has 0 N–H and O–H groups in total. The van der Waals surface area contributed by atoms with Gasteiger partial charge in [-0.25, -0.2) is 0 Å². The van der Waals surface area contributed by atoms with Gasteiger partial charge in [0.25, 0.3) is 0 Å². The first kappa shape index (κ1) is 13.7. The zero-order chi connectivity index (χ0) is 48.6. The summed E-state index contributed by atoms with van der Waals surface area (Å²) in [6.45, 7) is 0. The SMILES string of the molecule is [2H]c1c([2H])c([2H])c(-c2c([2H])c([2H])c([2H])c3c(-c4c5c([2H])c([2H])c([2H])c([2H])c5c(-c5ccccc5)c5c([2H])c([2H])c([2H])c([2H])c45)c(-c4c([2H])c([2H])c(-c5ccccc5)c([2H])c4[2H])oc23)c([2H])c1[2H]. The molecule has 0 saturated heterocycles. The van der Waals surface area contributed by atoms with Crippen molar-refractivity contribution in [2.75, 3.05) is 0 Å². The predicted molar refractivity (Wildman–Crippen MR) is 198 cm³/mol. The Morgan fingerprint density at radius 2 is 0.851 bits per heavy atom. The van der Waals surface area contributed by atoms with E-state index in [1.165, 1.54) is 0 Å². The maximum atomic E-state index is 9.54. The summed E-state index contributed by atoms with van der Waals surface area (Å²) in [6.07, 6.45) is 0. The monoisotopic (exact) mass is 618 g/mol. The third kappa shape index (κ3) is 4.56. The van der Waals surface area contributed by atoms with Crippen LogP contribution < -0.4 is 0 Å². The maximum Gasteiger partial charge on any atom is 0.143 e. The van der Waals surface area contributed by atoms with Crippen LogP contribution >= 0.6 is 0 Å². The zero-order valence-electron chi connectivity index (χ0n) is 44.2. The molecule has 0 bridgehead atoms. The summed E-state index contributed by atoms with van der Waals surface area (Å²) in [5, 5.41) is -1.91. The summed E-state index contributed by atoms with van der Waals surface area (Å²) in [6, 6.07) is 0.772. The smallest absolute Gasteiger partial charge is 0.143 e. The second-order valence-corrected chi connectivity index (χ2v) is 10.5. The summed E-state index contributed by atoms with van der Waals surface area (Å²) < 4.78 is 188. The molecule has 0 aliphatic rings. The Hall–Kier alpha value is -6.18. The second kappa shape index (κ2) is 11.3. The van der Waals surface area contributed by atoms with Gasteiger partial charge in [0.05, 0.1) is 27.4 Å². The molecule has 0 unspecified atom stereocenters. The van der Waals surface area contributed by atoms with Gasteiger partial charge in [0, 0.05) is 27.6 Å². The van der Waals surface area contributed by atoms with E-state index in [1.54, 1.807) is 60.7 Å². The number of benzene rings is 8. The molecule has 220 valence electrons. The van der Waals surface area contributed by atoms with Crippen LogP contribution in [0.3, 0.4) is 0 Å². The van der Waals surface area contributed by atoms with Crippen LogP contribution in [0.5, 0.6) is 0 Å². The van der Waals surface area contributed by atoms with E-state index < -0.39 is 176 Å². The minimum absolute atomic E-state index is 0.0419. The molecule has 0 saturated carbocycles. The summed E-state index contributed by atoms with van der Waals surface area (Å²) in [5.74, 6) is -0.686. The molecule has 0 atom stereocenters. The van der Waals surface area contributed by atoms with E-state index >= 15 is 0 Å². The van der Waals surface area contributed by atoms with Crippen molar-refractivity contribution >= 4 is 32.5 Å². The summed E-state index contributed by atoms with van der Waals surface area (Å²) >= 11 is 0. The van der Waals surface area contributed by atoms with Crippen LogP contribution in [-0.2, 0) is 0 Å². The number of hydrogen-bond donors (Lipinski definition) is 0. The molecule has 9 rings (SSSR count). The van der Waals surface area contributed by atoms with Crippen molar-refractivity contribution in [1.29, 1.82) is 0 Å². The lowest BCUT2D eigenvalue weighted by molar-refractivity contribution is 0.633. The highest BCUT2D eigenvalue weighted by Gasteiger charge is 2.25. The van der Waals surface area contributed by atoms with Gasteiger partial charge < -0.3 is 4.42 Å². The molecule has 0 amide bonds. The fourth-order valence-electron chi connectivity index (χ4n) is 5.85. The van der Waals surface area contributed by atoms with Crippen molar-refractivity contribution in [2.45, 2.75) is 0 Å². The van der Waals surface area contributed by atoms with Crippen molar-refractivity contribution in [3.8, 4) is 55.8 Å². The standard InChI is InChI=1S/C46H30O/c1-4-15-31(16-5-1)32-27-29-35(30-28-32)45-44(41-26-14-25-36(46(41)47-45)33-17-6-2-7-18-33)43-39-23-12-10-21-37(39)42(34-19-8-3-9-20-34)38-22-11-13-24-40(38)43/h1-30H/i2D,6D,7D,10D,11D,12D,13D,14D,17D,18D,21D,22D,23D,24D,25D,26D,27D,28D,29D,30D. The number of hydrogen-bond acceptors (Lipinski definition) is 1. The molecule has 0 fully saturated rings. The van der Waals surface area contributed by atoms with Gasteiger partial charge in [-0.05, 0) is 49.4 Å². The molecule has 1 heteroatoms. The molecule has 47 heavy (non-hydrogen) atoms. The van der Waals surface area contributed by atoms with Gasteiger partial charge in [-0.15, -0.1) is 0 Å². The first-order chi connectivity index (χ1) is 31.7. The van der Waals surface area contributed by atoms with E-state index in [1.807, 2.05) is 0 Å². The third-order valence-electron chi connectivity index (χ3n) is 7.86. The molecule has 1 heterocycles. The Kier molecular flexibility index (Phi) is 3.29. The van der Waals surface area contributed by atoms with E-state index in [0.29, 0.717) is 5.56 Å². The Balaban J connectivity index is 1.66. The fourth-order valence-corrected chi connectivity index (χ4v) is 5.85. The Labute approximate surface area is 302 Å². The highest BCUT2D eigenvalue weighted by molar-refractivity contribution is 6.25. The normalized spacial score (nSPS) is 17.4. The minimum Gasteiger partial charge on any atom is -0.455 e. The molecule has 0 aliphatic heterocycles. The lowest BCUT2D eigenvalue weighted by Crippen LogP contribution is -1.91. The van der Waals surface area contributed by atoms with Gasteiger partial charge in [-0.1, -0.05) is 182 Å². The number of rotatable bonds is 5. The van der Waals surface area contributed by atoms with E-state index in [9.17, 15) is 13.7 Å². The van der Waals surface area contributed by atoms with Crippen LogP contribution in [0.1, 0.15) is 27.4 Å². The van der Waals surface area contributed by atoms with Gasteiger partial charge in [0.2, 0.25) is 0 Å². The molecule has 0 radical (unpaired) electrons. The van der Waals surface area contributed by atoms with Crippen molar-refractivity contribution in [3.63, 3.8) is 0 Å². The molecule has 0 aliphatic carbocycles. The summed E-state index contributed by atoms with van der Waals surface area (Å²) in [7, 11) is 0. The van der Waals surface area contributed by atoms with Gasteiger partial charge in [0.15, 0.2) is 0 Å². The molecule has 0 spiro atoms. The van der Waals surface area contributed by atoms with Crippen molar-refractivity contribution in [1.82, 2.24) is 0 Å². The highest BCUT2D eigenvalue weighted by Crippen LogP contribution is 2.50. The van der Waals surface area contributed by atoms with E-state index in [0.717, 1.165) is 0 Å². The summed E-state index contributed by atoms with van der Waals surface area (Å²) in [5.41, 5.74) is -3.16. The first-order valence-electron chi connectivity index (χ1n) is 24.5. The van der Waals surface area contributed by atoms with Gasteiger partial charge >= 0.3 is 0 Å². The van der Waals surface area contributed by atoms with Crippen LogP contribution in [0.4, 0.5) is 0 Å². The average molecular weight is 619 g/mol. The van der Waals surface area contributed by atoms with Crippen LogP contribution in [0.2, 0.25) is 0 Å². The van der Waals surface area contributed by atoms with Gasteiger partial charge in [-0.2, -0.15) is 0 Å². The average Bonchev–Trinajstić information content (AvgIpc) is 3.71. The summed E-state index contributed by atoms with van der Waals surface area (Å²) in [4.78, 5) is 0. The largest absolute Gasteiger partial charge is 0.455 e. The number of para-hydroxylation sites is 1. The zero-order valence-corrected chi connectivity index (χ0v) is 24.2. The van der Waals surface area contributed by atoms with Crippen molar-refractivity contribution in [3.05, 3.63) is 182 Å². The molecule has 1 nitrogen and oxygen atoms in total.